The van der Waals surface area contributed by atoms with Gasteiger partial charge in [0.15, 0.2) is 6.61 Å². The highest BCUT2D eigenvalue weighted by Crippen LogP contribution is 2.36. The van der Waals surface area contributed by atoms with Gasteiger partial charge in [-0.1, -0.05) is 39.7 Å². The van der Waals surface area contributed by atoms with Gasteiger partial charge < -0.3 is 14.8 Å². The third-order valence-electron chi connectivity index (χ3n) is 4.08. The topological polar surface area (TPSA) is 64.6 Å². The number of halogens is 2. The summed E-state index contributed by atoms with van der Waals surface area (Å²) in [5, 5.41) is 5.57. The van der Waals surface area contributed by atoms with Gasteiger partial charge in [0.05, 0.1) is 7.11 Å². The summed E-state index contributed by atoms with van der Waals surface area (Å²) in [4.78, 5) is 24.8. The average molecular weight is 495 g/mol. The largest absolute Gasteiger partial charge is 0.483 e. The van der Waals surface area contributed by atoms with Crippen LogP contribution in [0, 0.1) is 6.92 Å². The van der Waals surface area contributed by atoms with E-state index in [9.17, 15) is 9.59 Å². The fourth-order valence-electron chi connectivity index (χ4n) is 2.68. The molecule has 0 spiro atoms. The van der Waals surface area contributed by atoms with Crippen molar-refractivity contribution in [3.05, 3.63) is 68.5 Å². The number of carbonyl (C=O) groups excluding carboxylic acids is 2. The van der Waals surface area contributed by atoms with Crippen molar-refractivity contribution in [2.75, 3.05) is 19.0 Å². The number of anilines is 1. The summed E-state index contributed by atoms with van der Waals surface area (Å²) in [5.41, 5.74) is 2.68. The Morgan fingerprint density at radius 3 is 2.55 bits per heavy atom. The maximum atomic E-state index is 12.4. The molecule has 0 aliphatic carbocycles. The van der Waals surface area contributed by atoms with E-state index >= 15 is 0 Å². The van der Waals surface area contributed by atoms with Crippen LogP contribution in [0.25, 0.3) is 11.1 Å². The van der Waals surface area contributed by atoms with Gasteiger partial charge in [-0.2, -0.15) is 0 Å². The highest BCUT2D eigenvalue weighted by molar-refractivity contribution is 9.10. The summed E-state index contributed by atoms with van der Waals surface area (Å²) in [5.74, 6) is -0.331. The Labute approximate surface area is 185 Å². The number of methoxy groups -OCH3 is 1. The zero-order valence-electron chi connectivity index (χ0n) is 15.6. The van der Waals surface area contributed by atoms with E-state index in [2.05, 4.69) is 21.2 Å². The van der Waals surface area contributed by atoms with E-state index in [1.807, 2.05) is 36.6 Å². The van der Waals surface area contributed by atoms with Crippen molar-refractivity contribution in [1.82, 2.24) is 0 Å². The summed E-state index contributed by atoms with van der Waals surface area (Å²) in [7, 11) is 1.31. The Bertz CT molecular complexity index is 1050. The molecule has 0 bridgehead atoms. The zero-order chi connectivity index (χ0) is 21.0. The Morgan fingerprint density at radius 2 is 1.90 bits per heavy atom. The summed E-state index contributed by atoms with van der Waals surface area (Å²) in [6.45, 7) is 1.65. The summed E-state index contributed by atoms with van der Waals surface area (Å²) in [6.07, 6.45) is 0. The van der Waals surface area contributed by atoms with Gasteiger partial charge in [0, 0.05) is 20.4 Å². The molecule has 1 N–H and O–H groups in total. The monoisotopic (exact) mass is 493 g/mol. The lowest BCUT2D eigenvalue weighted by Gasteiger charge is -2.10. The number of amides is 1. The minimum absolute atomic E-state index is 0.200. The maximum absolute atomic E-state index is 12.4. The molecule has 3 rings (SSSR count). The normalized spacial score (nSPS) is 10.5. The molecule has 0 radical (unpaired) electrons. The van der Waals surface area contributed by atoms with Crippen LogP contribution in [-0.4, -0.2) is 25.6 Å². The van der Waals surface area contributed by atoms with Gasteiger partial charge in [0.1, 0.15) is 16.3 Å². The molecule has 1 heterocycles. The summed E-state index contributed by atoms with van der Waals surface area (Å²) < 4.78 is 11.4. The molecule has 8 heteroatoms. The number of carbonyl (C=O) groups is 2. The Kier molecular flexibility index (Phi) is 6.95. The van der Waals surface area contributed by atoms with Gasteiger partial charge in [0.25, 0.3) is 5.91 Å². The van der Waals surface area contributed by atoms with Crippen molar-refractivity contribution in [3.63, 3.8) is 0 Å². The Hall–Kier alpha value is -2.35. The van der Waals surface area contributed by atoms with Crippen molar-refractivity contribution in [3.8, 4) is 16.9 Å². The van der Waals surface area contributed by atoms with Crippen molar-refractivity contribution in [2.24, 2.45) is 0 Å². The van der Waals surface area contributed by atoms with Gasteiger partial charge in [-0.25, -0.2) is 4.79 Å². The number of hydrogen-bond donors (Lipinski definition) is 1. The first kappa shape index (κ1) is 21.4. The molecule has 3 aromatic rings. The molecule has 1 aromatic heterocycles. The number of thiophene rings is 1. The van der Waals surface area contributed by atoms with Crippen molar-refractivity contribution >= 4 is 55.7 Å². The number of hydrogen-bond acceptors (Lipinski definition) is 5. The van der Waals surface area contributed by atoms with Crippen LogP contribution >= 0.6 is 38.9 Å². The molecule has 0 saturated carbocycles. The van der Waals surface area contributed by atoms with E-state index in [0.29, 0.717) is 26.9 Å². The zero-order valence-corrected chi connectivity index (χ0v) is 18.8. The fraction of sp³-hybridized carbons (Fsp3) is 0.143. The van der Waals surface area contributed by atoms with Crippen molar-refractivity contribution in [2.45, 2.75) is 6.92 Å². The molecule has 0 saturated heterocycles. The quantitative estimate of drug-likeness (QED) is 0.431. The van der Waals surface area contributed by atoms with Crippen LogP contribution < -0.4 is 10.1 Å². The molecule has 0 aliphatic rings. The van der Waals surface area contributed by atoms with Crippen molar-refractivity contribution in [1.29, 1.82) is 0 Å². The van der Waals surface area contributed by atoms with Gasteiger partial charge in [-0.15, -0.1) is 11.3 Å². The Balaban J connectivity index is 1.78. The lowest BCUT2D eigenvalue weighted by Crippen LogP contribution is -2.21. The lowest BCUT2D eigenvalue weighted by molar-refractivity contribution is -0.118. The van der Waals surface area contributed by atoms with Gasteiger partial charge in [-0.3, -0.25) is 4.79 Å². The van der Waals surface area contributed by atoms with Crippen LogP contribution in [-0.2, 0) is 9.53 Å². The van der Waals surface area contributed by atoms with Gasteiger partial charge >= 0.3 is 5.97 Å². The van der Waals surface area contributed by atoms with Crippen LogP contribution in [0.4, 0.5) is 5.00 Å². The molecule has 150 valence electrons. The predicted octanol–water partition coefficient (Wildman–Crippen LogP) is 5.94. The molecule has 5 nitrogen and oxygen atoms in total. The van der Waals surface area contributed by atoms with Gasteiger partial charge in [0.2, 0.25) is 0 Å². The van der Waals surface area contributed by atoms with Crippen LogP contribution in [0.2, 0.25) is 5.02 Å². The second-order valence-corrected chi connectivity index (χ2v) is 8.33. The SMILES string of the molecule is COC(=O)c1c(-c2ccc(Br)cc2)csc1NC(=O)COc1ccc(Cl)cc1C. The van der Waals surface area contributed by atoms with Crippen molar-refractivity contribution < 1.29 is 19.1 Å². The molecule has 1 amide bonds. The number of esters is 1. The predicted molar refractivity (Wildman–Crippen MR) is 119 cm³/mol. The number of nitrogens with one attached hydrogen (secondary N) is 1. The molecule has 0 atom stereocenters. The minimum atomic E-state index is -0.520. The van der Waals surface area contributed by atoms with E-state index in [4.69, 9.17) is 21.1 Å². The third-order valence-corrected chi connectivity index (χ3v) is 5.74. The molecule has 2 aromatic carbocycles. The highest BCUT2D eigenvalue weighted by Gasteiger charge is 2.22. The fourth-order valence-corrected chi connectivity index (χ4v) is 4.14. The molecule has 0 fully saturated rings. The van der Waals surface area contributed by atoms with Crippen LogP contribution in [0.3, 0.4) is 0 Å². The molecule has 29 heavy (non-hydrogen) atoms. The average Bonchev–Trinajstić information content (AvgIpc) is 3.10. The van der Waals surface area contributed by atoms with E-state index in [1.165, 1.54) is 18.4 Å². The first-order valence-corrected chi connectivity index (χ1v) is 10.6. The maximum Gasteiger partial charge on any atom is 0.341 e. The summed E-state index contributed by atoms with van der Waals surface area (Å²) >= 11 is 10.6. The summed E-state index contributed by atoms with van der Waals surface area (Å²) in [6, 6.07) is 12.7. The van der Waals surface area contributed by atoms with E-state index in [-0.39, 0.29) is 12.5 Å². The molecular formula is C21H17BrClNO4S. The van der Waals surface area contributed by atoms with E-state index in [0.717, 1.165) is 15.6 Å². The molecule has 0 unspecified atom stereocenters. The van der Waals surface area contributed by atoms with E-state index in [1.54, 1.807) is 18.2 Å². The molecule has 0 aliphatic heterocycles. The first-order valence-electron chi connectivity index (χ1n) is 8.53. The standard InChI is InChI=1S/C21H17BrClNO4S/c1-12-9-15(23)7-8-17(12)28-10-18(25)24-20-19(21(26)27-2)16(11-29-20)13-3-5-14(22)6-4-13/h3-9,11H,10H2,1-2H3,(H,24,25). The number of rotatable bonds is 6. The minimum Gasteiger partial charge on any atom is -0.483 e. The van der Waals surface area contributed by atoms with Crippen LogP contribution in [0.1, 0.15) is 15.9 Å². The smallest absolute Gasteiger partial charge is 0.341 e. The third kappa shape index (κ3) is 5.18. The van der Waals surface area contributed by atoms with Crippen LogP contribution in [0.15, 0.2) is 52.3 Å². The number of aryl methyl sites for hydroxylation is 1. The van der Waals surface area contributed by atoms with Crippen LogP contribution in [0.5, 0.6) is 5.75 Å². The van der Waals surface area contributed by atoms with E-state index < -0.39 is 5.97 Å². The number of benzene rings is 2. The second kappa shape index (κ2) is 9.43. The highest BCUT2D eigenvalue weighted by atomic mass is 79.9. The first-order chi connectivity index (χ1) is 13.9. The molecular weight excluding hydrogens is 478 g/mol. The Morgan fingerprint density at radius 1 is 1.17 bits per heavy atom. The lowest BCUT2D eigenvalue weighted by atomic mass is 10.0. The second-order valence-electron chi connectivity index (χ2n) is 6.10. The van der Waals surface area contributed by atoms with Gasteiger partial charge in [-0.05, 0) is 48.4 Å². The number of ether oxygens (including phenoxy) is 2.